The molecule has 0 aromatic heterocycles. The quantitative estimate of drug-likeness (QED) is 0.862. The number of nitrogens with zero attached hydrogens (tertiary/aromatic N) is 2. The number of piperazine rings is 1. The van der Waals surface area contributed by atoms with Crippen LogP contribution in [0.15, 0.2) is 24.3 Å². The summed E-state index contributed by atoms with van der Waals surface area (Å²) >= 11 is 0. The van der Waals surface area contributed by atoms with Crippen molar-refractivity contribution < 1.29 is 13.2 Å². The molecule has 6 nitrogen and oxygen atoms in total. The number of hydrogen-bond donors (Lipinski definition) is 1. The van der Waals surface area contributed by atoms with E-state index < -0.39 is 16.1 Å². The lowest BCUT2D eigenvalue weighted by molar-refractivity contribution is -0.126. The Hall–Kier alpha value is -1.91. The van der Waals surface area contributed by atoms with Crippen LogP contribution in [0.25, 0.3) is 0 Å². The van der Waals surface area contributed by atoms with Crippen molar-refractivity contribution >= 4 is 15.9 Å². The molecule has 1 aromatic rings. The van der Waals surface area contributed by atoms with Crippen molar-refractivity contribution in [3.05, 3.63) is 35.4 Å². The molecule has 1 aliphatic rings. The first-order valence-corrected chi connectivity index (χ1v) is 7.82. The second kappa shape index (κ2) is 5.61. The number of rotatable bonds is 3. The van der Waals surface area contributed by atoms with E-state index in [-0.39, 0.29) is 18.2 Å². The van der Waals surface area contributed by atoms with Gasteiger partial charge in [-0.3, -0.25) is 4.79 Å². The average molecular weight is 293 g/mol. The van der Waals surface area contributed by atoms with Gasteiger partial charge in [0.15, 0.2) is 0 Å². The van der Waals surface area contributed by atoms with Crippen LogP contribution in [0.5, 0.6) is 0 Å². The van der Waals surface area contributed by atoms with Crippen molar-refractivity contribution in [1.82, 2.24) is 9.62 Å². The SMILES string of the molecule is CC1C(=O)NCCN1S(=O)(=O)Cc1ccccc1C#N. The van der Waals surface area contributed by atoms with Crippen LogP contribution in [0.3, 0.4) is 0 Å². The Bertz CT molecular complexity index is 664. The summed E-state index contributed by atoms with van der Waals surface area (Å²) in [5.41, 5.74) is 0.790. The van der Waals surface area contributed by atoms with Gasteiger partial charge in [-0.25, -0.2) is 8.42 Å². The maximum absolute atomic E-state index is 12.4. The van der Waals surface area contributed by atoms with E-state index in [2.05, 4.69) is 5.32 Å². The number of nitrogens with one attached hydrogen (secondary N) is 1. The minimum Gasteiger partial charge on any atom is -0.353 e. The van der Waals surface area contributed by atoms with Gasteiger partial charge in [0, 0.05) is 13.1 Å². The lowest BCUT2D eigenvalue weighted by Crippen LogP contribution is -2.55. The molecule has 1 heterocycles. The second-order valence-corrected chi connectivity index (χ2v) is 6.52. The van der Waals surface area contributed by atoms with E-state index in [4.69, 9.17) is 5.26 Å². The smallest absolute Gasteiger partial charge is 0.238 e. The number of carbonyl (C=O) groups is 1. The Morgan fingerprint density at radius 3 is 2.85 bits per heavy atom. The highest BCUT2D eigenvalue weighted by Crippen LogP contribution is 2.18. The highest BCUT2D eigenvalue weighted by Gasteiger charge is 2.34. The lowest BCUT2D eigenvalue weighted by Gasteiger charge is -2.31. The van der Waals surface area contributed by atoms with Gasteiger partial charge in [-0.1, -0.05) is 18.2 Å². The number of carbonyl (C=O) groups excluding carboxylic acids is 1. The molecule has 0 radical (unpaired) electrons. The molecule has 1 atom stereocenters. The number of benzene rings is 1. The Balaban J connectivity index is 2.28. The van der Waals surface area contributed by atoms with Crippen molar-refractivity contribution in [1.29, 1.82) is 5.26 Å². The molecule has 0 saturated carbocycles. The molecular weight excluding hydrogens is 278 g/mol. The Morgan fingerprint density at radius 2 is 2.15 bits per heavy atom. The van der Waals surface area contributed by atoms with Crippen molar-refractivity contribution in [2.24, 2.45) is 0 Å². The Morgan fingerprint density at radius 1 is 1.45 bits per heavy atom. The second-order valence-electron chi connectivity index (χ2n) is 4.60. The fourth-order valence-electron chi connectivity index (χ4n) is 2.18. The normalized spacial score (nSPS) is 20.2. The van der Waals surface area contributed by atoms with Gasteiger partial charge < -0.3 is 5.32 Å². The average Bonchev–Trinajstić information content (AvgIpc) is 2.42. The molecule has 7 heteroatoms. The lowest BCUT2D eigenvalue weighted by atomic mass is 10.1. The number of amides is 1. The molecule has 1 saturated heterocycles. The zero-order valence-electron chi connectivity index (χ0n) is 11.0. The van der Waals surface area contributed by atoms with Crippen molar-refractivity contribution in [3.63, 3.8) is 0 Å². The van der Waals surface area contributed by atoms with Gasteiger partial charge in [0.05, 0.1) is 17.4 Å². The fourth-order valence-corrected chi connectivity index (χ4v) is 3.93. The molecule has 1 aliphatic heterocycles. The molecule has 1 fully saturated rings. The van der Waals surface area contributed by atoms with Gasteiger partial charge in [0.1, 0.15) is 6.04 Å². The third-order valence-corrected chi connectivity index (χ3v) is 5.17. The molecule has 1 aromatic carbocycles. The van der Waals surface area contributed by atoms with Crippen molar-refractivity contribution in [3.8, 4) is 6.07 Å². The standard InChI is InChI=1S/C13H15N3O3S/c1-10-13(17)15-6-7-16(10)20(18,19)9-12-5-3-2-4-11(12)8-14/h2-5,10H,6-7,9H2,1H3,(H,15,17). The molecule has 2 rings (SSSR count). The summed E-state index contributed by atoms with van der Waals surface area (Å²) in [6, 6.07) is 7.83. The predicted octanol–water partition coefficient (Wildman–Crippen LogP) is 0.208. The predicted molar refractivity (Wildman–Crippen MR) is 73.0 cm³/mol. The van der Waals surface area contributed by atoms with Gasteiger partial charge >= 0.3 is 0 Å². The summed E-state index contributed by atoms with van der Waals surface area (Å²) in [5.74, 6) is -0.567. The largest absolute Gasteiger partial charge is 0.353 e. The Kier molecular flexibility index (Phi) is 4.06. The zero-order valence-corrected chi connectivity index (χ0v) is 11.9. The minimum atomic E-state index is -3.63. The van der Waals surface area contributed by atoms with Gasteiger partial charge in [-0.2, -0.15) is 9.57 Å². The fraction of sp³-hybridized carbons (Fsp3) is 0.385. The first kappa shape index (κ1) is 14.5. The summed E-state index contributed by atoms with van der Waals surface area (Å²) < 4.78 is 26.0. The van der Waals surface area contributed by atoms with Gasteiger partial charge in [0.25, 0.3) is 0 Å². The first-order valence-electron chi connectivity index (χ1n) is 6.21. The van der Waals surface area contributed by atoms with E-state index in [1.54, 1.807) is 31.2 Å². The molecular formula is C13H15N3O3S. The van der Waals surface area contributed by atoms with E-state index in [1.165, 1.54) is 4.31 Å². The van der Waals surface area contributed by atoms with Crippen LogP contribution in [0, 0.1) is 11.3 Å². The van der Waals surface area contributed by atoms with Crippen LogP contribution in [0.2, 0.25) is 0 Å². The van der Waals surface area contributed by atoms with Gasteiger partial charge in [-0.15, -0.1) is 0 Å². The zero-order chi connectivity index (χ0) is 14.8. The van der Waals surface area contributed by atoms with Crippen LogP contribution in [0.1, 0.15) is 18.1 Å². The Labute approximate surface area is 118 Å². The monoisotopic (exact) mass is 293 g/mol. The van der Waals surface area contributed by atoms with Crippen LogP contribution >= 0.6 is 0 Å². The third-order valence-electron chi connectivity index (χ3n) is 3.28. The van der Waals surface area contributed by atoms with E-state index in [0.29, 0.717) is 17.7 Å². The number of sulfonamides is 1. The van der Waals surface area contributed by atoms with Crippen LogP contribution in [-0.4, -0.2) is 37.8 Å². The summed E-state index contributed by atoms with van der Waals surface area (Å²) in [6.07, 6.45) is 0. The summed E-state index contributed by atoms with van der Waals surface area (Å²) in [4.78, 5) is 11.6. The van der Waals surface area contributed by atoms with Crippen LogP contribution < -0.4 is 5.32 Å². The molecule has 106 valence electrons. The molecule has 20 heavy (non-hydrogen) atoms. The number of hydrogen-bond acceptors (Lipinski definition) is 4. The first-order chi connectivity index (χ1) is 9.45. The maximum atomic E-state index is 12.4. The van der Waals surface area contributed by atoms with E-state index in [1.807, 2.05) is 6.07 Å². The molecule has 1 amide bonds. The summed E-state index contributed by atoms with van der Waals surface area (Å²) in [6.45, 7) is 2.12. The van der Waals surface area contributed by atoms with E-state index >= 15 is 0 Å². The van der Waals surface area contributed by atoms with Crippen molar-refractivity contribution in [2.75, 3.05) is 13.1 Å². The topological polar surface area (TPSA) is 90.3 Å². The highest BCUT2D eigenvalue weighted by atomic mass is 32.2. The number of nitriles is 1. The third kappa shape index (κ3) is 2.81. The molecule has 1 unspecified atom stereocenters. The van der Waals surface area contributed by atoms with E-state index in [0.717, 1.165) is 0 Å². The molecule has 0 bridgehead atoms. The van der Waals surface area contributed by atoms with Crippen LogP contribution in [-0.2, 0) is 20.6 Å². The molecule has 0 spiro atoms. The highest BCUT2D eigenvalue weighted by molar-refractivity contribution is 7.88. The summed E-state index contributed by atoms with van der Waals surface area (Å²) in [5, 5.41) is 11.6. The molecule has 1 N–H and O–H groups in total. The van der Waals surface area contributed by atoms with Gasteiger partial charge in [-0.05, 0) is 18.6 Å². The summed E-state index contributed by atoms with van der Waals surface area (Å²) in [7, 11) is -3.63. The van der Waals surface area contributed by atoms with Crippen molar-refractivity contribution in [2.45, 2.75) is 18.7 Å². The van der Waals surface area contributed by atoms with Gasteiger partial charge in [0.2, 0.25) is 15.9 Å². The van der Waals surface area contributed by atoms with E-state index in [9.17, 15) is 13.2 Å². The maximum Gasteiger partial charge on any atom is 0.238 e. The molecule has 0 aliphatic carbocycles. The minimum absolute atomic E-state index is 0.254. The van der Waals surface area contributed by atoms with Crippen LogP contribution in [0.4, 0.5) is 0 Å².